The van der Waals surface area contributed by atoms with E-state index in [1.54, 1.807) is 0 Å². The van der Waals surface area contributed by atoms with Gasteiger partial charge in [-0.15, -0.1) is 0 Å². The molecule has 5 heteroatoms. The number of aliphatic hydroxyl groups excluding tert-OH is 1. The number of aryl methyl sites for hydroxylation is 2. The Morgan fingerprint density at radius 1 is 1.14 bits per heavy atom. The van der Waals surface area contributed by atoms with Crippen molar-refractivity contribution < 1.29 is 13.9 Å². The third-order valence-electron chi connectivity index (χ3n) is 3.30. The zero-order valence-electron chi connectivity index (χ0n) is 11.8. The predicted octanol–water partition coefficient (Wildman–Crippen LogP) is 4.49. The van der Waals surface area contributed by atoms with Gasteiger partial charge >= 0.3 is 0 Å². The number of benzene rings is 2. The minimum Gasteiger partial charge on any atom is -0.386 e. The summed E-state index contributed by atoms with van der Waals surface area (Å²) in [4.78, 5) is 0. The molecule has 2 nitrogen and oxygen atoms in total. The van der Waals surface area contributed by atoms with Crippen molar-refractivity contribution in [1.82, 2.24) is 0 Å². The Morgan fingerprint density at radius 3 is 2.19 bits per heavy atom. The summed E-state index contributed by atoms with van der Waals surface area (Å²) in [6.45, 7) is 3.88. The molecule has 2 aromatic carbocycles. The van der Waals surface area contributed by atoms with Gasteiger partial charge in [-0.05, 0) is 49.2 Å². The van der Waals surface area contributed by atoms with Crippen LogP contribution in [-0.2, 0) is 0 Å². The number of rotatable bonds is 4. The van der Waals surface area contributed by atoms with E-state index in [4.69, 9.17) is 0 Å². The molecule has 0 bridgehead atoms. The van der Waals surface area contributed by atoms with Crippen molar-refractivity contribution in [1.29, 1.82) is 0 Å². The number of nitrogens with one attached hydrogen (secondary N) is 1. The fraction of sp³-hybridized carbons (Fsp3) is 0.250. The monoisotopic (exact) mass is 355 g/mol. The Labute approximate surface area is 130 Å². The Kier molecular flexibility index (Phi) is 4.96. The van der Waals surface area contributed by atoms with Crippen LogP contribution >= 0.6 is 15.9 Å². The molecule has 0 aliphatic rings. The topological polar surface area (TPSA) is 32.3 Å². The highest BCUT2D eigenvalue weighted by atomic mass is 79.9. The Bertz CT molecular complexity index is 617. The molecule has 2 rings (SSSR count). The lowest BCUT2D eigenvalue weighted by Crippen LogP contribution is -2.16. The molecule has 0 saturated heterocycles. The van der Waals surface area contributed by atoms with Crippen LogP contribution < -0.4 is 5.32 Å². The second-order valence-electron chi connectivity index (χ2n) is 4.95. The van der Waals surface area contributed by atoms with Crippen molar-refractivity contribution in [2.24, 2.45) is 0 Å². The molecule has 2 aromatic rings. The highest BCUT2D eigenvalue weighted by Crippen LogP contribution is 2.27. The van der Waals surface area contributed by atoms with E-state index in [-0.39, 0.29) is 12.1 Å². The normalized spacial score (nSPS) is 12.3. The molecule has 2 N–H and O–H groups in total. The molecular weight excluding hydrogens is 340 g/mol. The molecule has 0 spiro atoms. The Morgan fingerprint density at radius 2 is 1.67 bits per heavy atom. The van der Waals surface area contributed by atoms with Gasteiger partial charge in [-0.2, -0.15) is 0 Å². The molecule has 1 unspecified atom stereocenters. The molecule has 0 amide bonds. The van der Waals surface area contributed by atoms with Crippen LogP contribution in [0.3, 0.4) is 0 Å². The van der Waals surface area contributed by atoms with Crippen molar-refractivity contribution in [3.05, 3.63) is 63.1 Å². The number of halogens is 3. The van der Waals surface area contributed by atoms with Gasteiger partial charge in [-0.25, -0.2) is 8.78 Å². The van der Waals surface area contributed by atoms with E-state index < -0.39 is 17.7 Å². The van der Waals surface area contributed by atoms with E-state index in [1.165, 1.54) is 6.07 Å². The quantitative estimate of drug-likeness (QED) is 0.846. The van der Waals surface area contributed by atoms with Gasteiger partial charge in [0.05, 0.1) is 5.56 Å². The molecule has 1 atom stereocenters. The van der Waals surface area contributed by atoms with Crippen LogP contribution in [-0.4, -0.2) is 11.7 Å². The molecule has 112 valence electrons. The van der Waals surface area contributed by atoms with Crippen molar-refractivity contribution >= 4 is 21.6 Å². The van der Waals surface area contributed by atoms with Crippen LogP contribution in [0.5, 0.6) is 0 Å². The average molecular weight is 356 g/mol. The average Bonchev–Trinajstić information content (AvgIpc) is 2.37. The standard InChI is InChI=1S/C16H16BrF2NO/c1-9-6-11(17)7-10(2)16(9)20-8-14(21)15-12(18)4-3-5-13(15)19/h3-7,14,20-21H,8H2,1-2H3. The fourth-order valence-electron chi connectivity index (χ4n) is 2.32. The van der Waals surface area contributed by atoms with Gasteiger partial charge < -0.3 is 10.4 Å². The first-order chi connectivity index (χ1) is 9.90. The maximum atomic E-state index is 13.6. The molecule has 0 fully saturated rings. The summed E-state index contributed by atoms with van der Waals surface area (Å²) < 4.78 is 28.2. The van der Waals surface area contributed by atoms with Crippen LogP contribution in [0.25, 0.3) is 0 Å². The first-order valence-electron chi connectivity index (χ1n) is 6.52. The smallest absolute Gasteiger partial charge is 0.132 e. The van der Waals surface area contributed by atoms with Gasteiger partial charge in [0.1, 0.15) is 17.7 Å². The van der Waals surface area contributed by atoms with Gasteiger partial charge in [0.25, 0.3) is 0 Å². The lowest BCUT2D eigenvalue weighted by Gasteiger charge is -2.17. The zero-order valence-corrected chi connectivity index (χ0v) is 13.3. The maximum absolute atomic E-state index is 13.6. The van der Waals surface area contributed by atoms with Gasteiger partial charge in [0.2, 0.25) is 0 Å². The summed E-state index contributed by atoms with van der Waals surface area (Å²) in [5.74, 6) is -1.48. The minimum absolute atomic E-state index is 0.0289. The third kappa shape index (κ3) is 3.60. The minimum atomic E-state index is -1.26. The van der Waals surface area contributed by atoms with Crippen molar-refractivity contribution in [2.75, 3.05) is 11.9 Å². The van der Waals surface area contributed by atoms with Crippen LogP contribution in [0, 0.1) is 25.5 Å². The van der Waals surface area contributed by atoms with E-state index in [0.29, 0.717) is 0 Å². The van der Waals surface area contributed by atoms with Crippen LogP contribution in [0.15, 0.2) is 34.8 Å². The maximum Gasteiger partial charge on any atom is 0.132 e. The van der Waals surface area contributed by atoms with Gasteiger partial charge in [-0.3, -0.25) is 0 Å². The summed E-state index contributed by atoms with van der Waals surface area (Å²) in [7, 11) is 0. The Balaban J connectivity index is 2.17. The third-order valence-corrected chi connectivity index (χ3v) is 3.76. The van der Waals surface area contributed by atoms with Crippen LogP contribution in [0.2, 0.25) is 0 Å². The number of anilines is 1. The lowest BCUT2D eigenvalue weighted by molar-refractivity contribution is 0.181. The molecule has 21 heavy (non-hydrogen) atoms. The van der Waals surface area contributed by atoms with Crippen LogP contribution in [0.4, 0.5) is 14.5 Å². The highest BCUT2D eigenvalue weighted by molar-refractivity contribution is 9.10. The largest absolute Gasteiger partial charge is 0.386 e. The van der Waals surface area contributed by atoms with E-state index in [1.807, 2.05) is 26.0 Å². The summed E-state index contributed by atoms with van der Waals surface area (Å²) in [6, 6.07) is 7.42. The summed E-state index contributed by atoms with van der Waals surface area (Å²) in [5, 5.41) is 13.1. The van der Waals surface area contributed by atoms with Gasteiger partial charge in [0, 0.05) is 16.7 Å². The highest BCUT2D eigenvalue weighted by Gasteiger charge is 2.18. The van der Waals surface area contributed by atoms with Crippen molar-refractivity contribution in [2.45, 2.75) is 20.0 Å². The zero-order chi connectivity index (χ0) is 15.6. The molecule has 0 saturated carbocycles. The number of aliphatic hydroxyl groups is 1. The van der Waals surface area contributed by atoms with E-state index in [0.717, 1.165) is 33.4 Å². The summed E-state index contributed by atoms with van der Waals surface area (Å²) in [6.07, 6.45) is -1.26. The van der Waals surface area contributed by atoms with E-state index in [2.05, 4.69) is 21.2 Å². The molecule has 0 aliphatic carbocycles. The Hall–Kier alpha value is -1.46. The van der Waals surface area contributed by atoms with Gasteiger partial charge in [0.15, 0.2) is 0 Å². The number of hydrogen-bond acceptors (Lipinski definition) is 2. The first kappa shape index (κ1) is 15.9. The van der Waals surface area contributed by atoms with Crippen molar-refractivity contribution in [3.8, 4) is 0 Å². The second-order valence-corrected chi connectivity index (χ2v) is 5.86. The fourth-order valence-corrected chi connectivity index (χ4v) is 3.01. The molecule has 0 heterocycles. The van der Waals surface area contributed by atoms with Crippen molar-refractivity contribution in [3.63, 3.8) is 0 Å². The molecular formula is C16H16BrF2NO. The second kappa shape index (κ2) is 6.54. The molecule has 0 aliphatic heterocycles. The SMILES string of the molecule is Cc1cc(Br)cc(C)c1NCC(O)c1c(F)cccc1F. The van der Waals surface area contributed by atoms with Crippen LogP contribution in [0.1, 0.15) is 22.8 Å². The summed E-state index contributed by atoms with van der Waals surface area (Å²) in [5.41, 5.74) is 2.53. The van der Waals surface area contributed by atoms with E-state index in [9.17, 15) is 13.9 Å². The first-order valence-corrected chi connectivity index (χ1v) is 7.32. The number of hydrogen-bond donors (Lipinski definition) is 2. The summed E-state index contributed by atoms with van der Waals surface area (Å²) >= 11 is 3.41. The van der Waals surface area contributed by atoms with E-state index >= 15 is 0 Å². The molecule has 0 radical (unpaired) electrons. The predicted molar refractivity (Wildman–Crippen MR) is 83.4 cm³/mol. The van der Waals surface area contributed by atoms with Gasteiger partial charge in [-0.1, -0.05) is 22.0 Å². The molecule has 0 aromatic heterocycles. The lowest BCUT2D eigenvalue weighted by atomic mass is 10.1.